The first kappa shape index (κ1) is 17.0. The van der Waals surface area contributed by atoms with Crippen LogP contribution in [0.15, 0.2) is 83.2 Å². The first-order chi connectivity index (χ1) is 13.1. The van der Waals surface area contributed by atoms with Crippen molar-refractivity contribution >= 4 is 22.8 Å². The van der Waals surface area contributed by atoms with Gasteiger partial charge in [-0.3, -0.25) is 4.40 Å². The summed E-state index contributed by atoms with van der Waals surface area (Å²) in [7, 11) is 4.03. The number of pyridine rings is 1. The molecule has 0 atom stereocenters. The van der Waals surface area contributed by atoms with Crippen molar-refractivity contribution in [3.05, 3.63) is 78.5 Å². The minimum Gasteiger partial charge on any atom is -0.378 e. The van der Waals surface area contributed by atoms with Crippen molar-refractivity contribution in [3.8, 4) is 11.3 Å². The van der Waals surface area contributed by atoms with Crippen LogP contribution in [0.4, 0.5) is 17.2 Å². The lowest BCUT2D eigenvalue weighted by Gasteiger charge is -2.11. The van der Waals surface area contributed by atoms with E-state index in [0.717, 1.165) is 34.1 Å². The van der Waals surface area contributed by atoms with Gasteiger partial charge in [-0.25, -0.2) is 4.98 Å². The van der Waals surface area contributed by atoms with Crippen LogP contribution in [0.5, 0.6) is 0 Å². The second kappa shape index (κ2) is 7.03. The predicted molar refractivity (Wildman–Crippen MR) is 110 cm³/mol. The van der Waals surface area contributed by atoms with Crippen LogP contribution in [-0.2, 0) is 0 Å². The molecule has 4 aromatic rings. The van der Waals surface area contributed by atoms with Crippen molar-refractivity contribution in [2.75, 3.05) is 19.0 Å². The molecule has 0 spiro atoms. The van der Waals surface area contributed by atoms with E-state index in [1.165, 1.54) is 5.56 Å². The Hall–Kier alpha value is -3.47. The molecule has 2 aromatic carbocycles. The first-order valence-electron chi connectivity index (χ1n) is 8.85. The molecule has 2 aromatic heterocycles. The van der Waals surface area contributed by atoms with E-state index in [1.807, 2.05) is 67.2 Å². The van der Waals surface area contributed by atoms with Gasteiger partial charge in [0.1, 0.15) is 11.3 Å². The van der Waals surface area contributed by atoms with Gasteiger partial charge >= 0.3 is 0 Å². The molecule has 134 valence electrons. The molecule has 5 heteroatoms. The molecule has 0 aliphatic rings. The molecule has 2 heterocycles. The van der Waals surface area contributed by atoms with E-state index in [-0.39, 0.29) is 0 Å². The van der Waals surface area contributed by atoms with Crippen LogP contribution in [0, 0.1) is 6.92 Å². The van der Waals surface area contributed by atoms with E-state index in [1.54, 1.807) is 0 Å². The Bertz CT molecular complexity index is 1090. The van der Waals surface area contributed by atoms with Gasteiger partial charge < -0.3 is 4.90 Å². The molecule has 0 bridgehead atoms. The zero-order valence-electron chi connectivity index (χ0n) is 15.7. The number of benzene rings is 2. The molecule has 0 N–H and O–H groups in total. The SMILES string of the molecule is Cc1ccc(-c2nc3ccccn3c2N=Nc2ccc(N(C)C)cc2)cc1. The van der Waals surface area contributed by atoms with Crippen molar-refractivity contribution in [1.82, 2.24) is 9.38 Å². The predicted octanol–water partition coefficient (Wildman–Crippen LogP) is 5.79. The number of hydrogen-bond donors (Lipinski definition) is 0. The van der Waals surface area contributed by atoms with Gasteiger partial charge in [-0.05, 0) is 43.3 Å². The van der Waals surface area contributed by atoms with Crippen molar-refractivity contribution in [2.24, 2.45) is 10.2 Å². The molecule has 0 amide bonds. The Labute approximate surface area is 158 Å². The number of rotatable bonds is 4. The molecule has 0 saturated carbocycles. The summed E-state index contributed by atoms with van der Waals surface area (Å²) >= 11 is 0. The number of fused-ring (bicyclic) bond motifs is 1. The lowest BCUT2D eigenvalue weighted by molar-refractivity contribution is 1.10. The average molecular weight is 355 g/mol. The number of imidazole rings is 1. The highest BCUT2D eigenvalue weighted by molar-refractivity contribution is 5.74. The summed E-state index contributed by atoms with van der Waals surface area (Å²) in [5.41, 5.74) is 5.86. The van der Waals surface area contributed by atoms with Gasteiger partial charge in [0, 0.05) is 31.5 Å². The molecule has 5 nitrogen and oxygen atoms in total. The molecular weight excluding hydrogens is 334 g/mol. The summed E-state index contributed by atoms with van der Waals surface area (Å²) in [6, 6.07) is 22.2. The Balaban J connectivity index is 1.77. The van der Waals surface area contributed by atoms with Gasteiger partial charge in [0.2, 0.25) is 0 Å². The summed E-state index contributed by atoms with van der Waals surface area (Å²) in [4.78, 5) is 6.82. The van der Waals surface area contributed by atoms with Crippen LogP contribution in [0.25, 0.3) is 16.9 Å². The van der Waals surface area contributed by atoms with Crippen LogP contribution in [0.3, 0.4) is 0 Å². The van der Waals surface area contributed by atoms with E-state index < -0.39 is 0 Å². The van der Waals surface area contributed by atoms with Crippen LogP contribution >= 0.6 is 0 Å². The monoisotopic (exact) mass is 355 g/mol. The van der Waals surface area contributed by atoms with Crippen molar-refractivity contribution in [1.29, 1.82) is 0 Å². The average Bonchev–Trinajstić information content (AvgIpc) is 3.06. The van der Waals surface area contributed by atoms with Gasteiger partial charge in [0.05, 0.1) is 5.69 Å². The Morgan fingerprint density at radius 1 is 0.852 bits per heavy atom. The van der Waals surface area contributed by atoms with E-state index >= 15 is 0 Å². The maximum Gasteiger partial charge on any atom is 0.187 e. The van der Waals surface area contributed by atoms with Crippen LogP contribution in [0.1, 0.15) is 5.56 Å². The lowest BCUT2D eigenvalue weighted by Crippen LogP contribution is -2.07. The highest BCUT2D eigenvalue weighted by Gasteiger charge is 2.13. The molecule has 4 rings (SSSR count). The zero-order valence-corrected chi connectivity index (χ0v) is 15.7. The van der Waals surface area contributed by atoms with Gasteiger partial charge in [-0.15, -0.1) is 10.2 Å². The van der Waals surface area contributed by atoms with E-state index in [2.05, 4.69) is 46.3 Å². The Morgan fingerprint density at radius 3 is 2.30 bits per heavy atom. The molecular formula is C22H21N5. The molecule has 0 fully saturated rings. The molecule has 0 aliphatic heterocycles. The molecule has 0 unspecified atom stereocenters. The smallest absolute Gasteiger partial charge is 0.187 e. The van der Waals surface area contributed by atoms with Gasteiger partial charge in [-0.2, -0.15) is 0 Å². The fourth-order valence-corrected chi connectivity index (χ4v) is 2.91. The highest BCUT2D eigenvalue weighted by atomic mass is 15.2. The highest BCUT2D eigenvalue weighted by Crippen LogP contribution is 2.32. The van der Waals surface area contributed by atoms with Crippen molar-refractivity contribution in [2.45, 2.75) is 6.92 Å². The second-order valence-electron chi connectivity index (χ2n) is 6.69. The Kier molecular flexibility index (Phi) is 4.42. The van der Waals surface area contributed by atoms with Crippen molar-refractivity contribution < 1.29 is 0 Å². The number of hydrogen-bond acceptors (Lipinski definition) is 4. The molecule has 0 radical (unpaired) electrons. The largest absolute Gasteiger partial charge is 0.378 e. The minimum atomic E-state index is 0.728. The lowest BCUT2D eigenvalue weighted by atomic mass is 10.1. The number of aromatic nitrogens is 2. The quantitative estimate of drug-likeness (QED) is 0.435. The normalized spacial score (nSPS) is 11.4. The zero-order chi connectivity index (χ0) is 18.8. The third-order valence-electron chi connectivity index (χ3n) is 4.46. The van der Waals surface area contributed by atoms with Gasteiger partial charge in [0.15, 0.2) is 5.82 Å². The molecule has 0 aliphatic carbocycles. The van der Waals surface area contributed by atoms with Gasteiger partial charge in [-0.1, -0.05) is 35.9 Å². The minimum absolute atomic E-state index is 0.728. The van der Waals surface area contributed by atoms with E-state index in [0.29, 0.717) is 0 Å². The molecule has 27 heavy (non-hydrogen) atoms. The summed E-state index contributed by atoms with van der Waals surface area (Å²) in [6.45, 7) is 2.07. The maximum atomic E-state index is 4.76. The number of aryl methyl sites for hydroxylation is 1. The summed E-state index contributed by atoms with van der Waals surface area (Å²) in [5.74, 6) is 0.728. The molecule has 0 saturated heterocycles. The number of anilines is 1. The second-order valence-corrected chi connectivity index (χ2v) is 6.69. The fourth-order valence-electron chi connectivity index (χ4n) is 2.91. The third kappa shape index (κ3) is 3.44. The standard InChI is InChI=1S/C22H21N5/c1-16-7-9-17(10-8-16)21-22(27-15-5-4-6-20(27)23-21)25-24-18-11-13-19(14-12-18)26(2)3/h4-15H,1-3H3. The van der Waals surface area contributed by atoms with E-state index in [9.17, 15) is 0 Å². The van der Waals surface area contributed by atoms with Gasteiger partial charge in [0.25, 0.3) is 0 Å². The van der Waals surface area contributed by atoms with E-state index in [4.69, 9.17) is 4.98 Å². The third-order valence-corrected chi connectivity index (χ3v) is 4.46. The number of azo groups is 1. The number of nitrogens with zero attached hydrogens (tertiary/aromatic N) is 5. The van der Waals surface area contributed by atoms with Crippen LogP contribution in [0.2, 0.25) is 0 Å². The topological polar surface area (TPSA) is 45.3 Å². The van der Waals surface area contributed by atoms with Crippen LogP contribution < -0.4 is 4.90 Å². The fraction of sp³-hybridized carbons (Fsp3) is 0.136. The summed E-state index contributed by atoms with van der Waals surface area (Å²) < 4.78 is 1.97. The first-order valence-corrected chi connectivity index (χ1v) is 8.85. The van der Waals surface area contributed by atoms with Crippen molar-refractivity contribution in [3.63, 3.8) is 0 Å². The van der Waals surface area contributed by atoms with Crippen LogP contribution in [-0.4, -0.2) is 23.5 Å². The Morgan fingerprint density at radius 2 is 1.59 bits per heavy atom. The summed E-state index contributed by atoms with van der Waals surface area (Å²) in [6.07, 6.45) is 1.96. The maximum absolute atomic E-state index is 4.76. The summed E-state index contributed by atoms with van der Waals surface area (Å²) in [5, 5.41) is 9.00.